The zero-order valence-electron chi connectivity index (χ0n) is 9.75. The fourth-order valence-electron chi connectivity index (χ4n) is 1.47. The van der Waals surface area contributed by atoms with Gasteiger partial charge in [0.05, 0.1) is 6.54 Å². The van der Waals surface area contributed by atoms with Crippen LogP contribution in [-0.2, 0) is 17.6 Å². The molecular formula is C12H19ClN2O. The van der Waals surface area contributed by atoms with Crippen molar-refractivity contribution >= 4 is 24.0 Å². The summed E-state index contributed by atoms with van der Waals surface area (Å²) in [6, 6.07) is 6.17. The van der Waals surface area contributed by atoms with E-state index >= 15 is 0 Å². The van der Waals surface area contributed by atoms with Crippen LogP contribution < -0.4 is 11.1 Å². The molecule has 0 aliphatic heterocycles. The third kappa shape index (κ3) is 3.83. The highest BCUT2D eigenvalue weighted by Crippen LogP contribution is 2.18. The molecule has 0 bridgehead atoms. The number of halogens is 1. The molecule has 0 saturated carbocycles. The van der Waals surface area contributed by atoms with Gasteiger partial charge in [-0.25, -0.2) is 0 Å². The van der Waals surface area contributed by atoms with Crippen molar-refractivity contribution in [3.8, 4) is 0 Å². The van der Waals surface area contributed by atoms with E-state index in [4.69, 9.17) is 5.73 Å². The van der Waals surface area contributed by atoms with Crippen molar-refractivity contribution in [2.24, 2.45) is 5.73 Å². The van der Waals surface area contributed by atoms with E-state index in [1.54, 1.807) is 0 Å². The molecule has 90 valence electrons. The molecule has 1 rings (SSSR count). The number of rotatable bonds is 4. The minimum Gasteiger partial charge on any atom is -0.325 e. The van der Waals surface area contributed by atoms with E-state index in [0.29, 0.717) is 0 Å². The molecular weight excluding hydrogens is 224 g/mol. The molecule has 0 saturated heterocycles. The Morgan fingerprint density at radius 1 is 1.31 bits per heavy atom. The Balaban J connectivity index is 0.00000225. The first-order valence-electron chi connectivity index (χ1n) is 5.33. The lowest BCUT2D eigenvalue weighted by Crippen LogP contribution is -2.22. The molecule has 16 heavy (non-hydrogen) atoms. The summed E-state index contributed by atoms with van der Waals surface area (Å²) < 4.78 is 0. The Hall–Kier alpha value is -1.06. The SMILES string of the molecule is CCc1ccc(CC)c(NC(=O)CN)c1.Cl. The lowest BCUT2D eigenvalue weighted by Gasteiger charge is -2.10. The summed E-state index contributed by atoms with van der Waals surface area (Å²) in [6.07, 6.45) is 1.87. The number of carbonyl (C=O) groups is 1. The Kier molecular flexibility index (Phi) is 6.77. The normalized spacial score (nSPS) is 9.44. The van der Waals surface area contributed by atoms with Gasteiger partial charge in [-0.1, -0.05) is 26.0 Å². The Bertz CT molecular complexity index is 353. The number of benzene rings is 1. The lowest BCUT2D eigenvalue weighted by atomic mass is 10.1. The van der Waals surface area contributed by atoms with E-state index < -0.39 is 0 Å². The van der Waals surface area contributed by atoms with Crippen molar-refractivity contribution in [2.75, 3.05) is 11.9 Å². The molecule has 0 aromatic heterocycles. The Morgan fingerprint density at radius 2 is 2.00 bits per heavy atom. The minimum absolute atomic E-state index is 0. The van der Waals surface area contributed by atoms with Crippen LogP contribution in [0, 0.1) is 0 Å². The van der Waals surface area contributed by atoms with E-state index in [1.807, 2.05) is 6.07 Å². The van der Waals surface area contributed by atoms with Crippen LogP contribution in [0.4, 0.5) is 5.69 Å². The molecule has 1 aromatic rings. The van der Waals surface area contributed by atoms with Crippen LogP contribution >= 0.6 is 12.4 Å². The highest BCUT2D eigenvalue weighted by atomic mass is 35.5. The van der Waals surface area contributed by atoms with Crippen molar-refractivity contribution in [1.29, 1.82) is 0 Å². The second-order valence-electron chi connectivity index (χ2n) is 3.45. The first kappa shape index (κ1) is 14.9. The summed E-state index contributed by atoms with van der Waals surface area (Å²) in [5.74, 6) is -0.141. The molecule has 0 radical (unpaired) electrons. The predicted molar refractivity (Wildman–Crippen MR) is 70.1 cm³/mol. The van der Waals surface area contributed by atoms with Crippen molar-refractivity contribution in [3.05, 3.63) is 29.3 Å². The van der Waals surface area contributed by atoms with Crippen LogP contribution in [0.15, 0.2) is 18.2 Å². The summed E-state index contributed by atoms with van der Waals surface area (Å²) in [6.45, 7) is 4.19. The quantitative estimate of drug-likeness (QED) is 0.850. The highest BCUT2D eigenvalue weighted by molar-refractivity contribution is 5.92. The minimum atomic E-state index is -0.141. The third-order valence-corrected chi connectivity index (χ3v) is 2.42. The summed E-state index contributed by atoms with van der Waals surface area (Å²) in [5, 5.41) is 2.82. The van der Waals surface area contributed by atoms with Gasteiger partial charge in [0.15, 0.2) is 0 Å². The van der Waals surface area contributed by atoms with Crippen molar-refractivity contribution in [3.63, 3.8) is 0 Å². The molecule has 0 aliphatic rings. The smallest absolute Gasteiger partial charge is 0.238 e. The fourth-order valence-corrected chi connectivity index (χ4v) is 1.47. The van der Waals surface area contributed by atoms with Gasteiger partial charge < -0.3 is 11.1 Å². The summed E-state index contributed by atoms with van der Waals surface area (Å²) in [5.41, 5.74) is 8.53. The van der Waals surface area contributed by atoms with Crippen LogP contribution in [0.2, 0.25) is 0 Å². The van der Waals surface area contributed by atoms with Gasteiger partial charge in [-0.15, -0.1) is 12.4 Å². The number of hydrogen-bond donors (Lipinski definition) is 2. The molecule has 3 nitrogen and oxygen atoms in total. The number of nitrogens with two attached hydrogens (primary N) is 1. The molecule has 0 spiro atoms. The molecule has 1 amide bonds. The number of amides is 1. The van der Waals surface area contributed by atoms with Gasteiger partial charge in [0.25, 0.3) is 0 Å². The zero-order chi connectivity index (χ0) is 11.3. The molecule has 0 fully saturated rings. The van der Waals surface area contributed by atoms with E-state index in [1.165, 1.54) is 5.56 Å². The molecule has 0 unspecified atom stereocenters. The summed E-state index contributed by atoms with van der Waals surface area (Å²) in [7, 11) is 0. The van der Waals surface area contributed by atoms with Gasteiger partial charge in [-0.3, -0.25) is 4.79 Å². The number of aryl methyl sites for hydroxylation is 2. The summed E-state index contributed by atoms with van der Waals surface area (Å²) >= 11 is 0. The third-order valence-electron chi connectivity index (χ3n) is 2.42. The molecule has 0 atom stereocenters. The second kappa shape index (κ2) is 7.25. The van der Waals surface area contributed by atoms with E-state index in [2.05, 4.69) is 31.3 Å². The van der Waals surface area contributed by atoms with Gasteiger partial charge in [-0.2, -0.15) is 0 Å². The maximum absolute atomic E-state index is 11.2. The molecule has 0 aliphatic carbocycles. The van der Waals surface area contributed by atoms with Crippen molar-refractivity contribution < 1.29 is 4.79 Å². The van der Waals surface area contributed by atoms with Gasteiger partial charge in [0.1, 0.15) is 0 Å². The summed E-state index contributed by atoms with van der Waals surface area (Å²) in [4.78, 5) is 11.2. The molecule has 3 N–H and O–H groups in total. The maximum atomic E-state index is 11.2. The maximum Gasteiger partial charge on any atom is 0.238 e. The van der Waals surface area contributed by atoms with Gasteiger partial charge in [0.2, 0.25) is 5.91 Å². The van der Waals surface area contributed by atoms with Gasteiger partial charge >= 0.3 is 0 Å². The average molecular weight is 243 g/mol. The van der Waals surface area contributed by atoms with Gasteiger partial charge in [-0.05, 0) is 30.0 Å². The number of carbonyl (C=O) groups excluding carboxylic acids is 1. The standard InChI is InChI=1S/C12H18N2O.ClH/c1-3-9-5-6-10(4-2)11(7-9)14-12(15)8-13;/h5-7H,3-4,8,13H2,1-2H3,(H,14,15);1H. The zero-order valence-corrected chi connectivity index (χ0v) is 10.6. The number of anilines is 1. The number of hydrogen-bond acceptors (Lipinski definition) is 2. The average Bonchev–Trinajstić information content (AvgIpc) is 2.28. The van der Waals surface area contributed by atoms with Crippen LogP contribution in [0.5, 0.6) is 0 Å². The van der Waals surface area contributed by atoms with Crippen LogP contribution in [0.3, 0.4) is 0 Å². The van der Waals surface area contributed by atoms with E-state index in [0.717, 1.165) is 24.1 Å². The van der Waals surface area contributed by atoms with E-state index in [9.17, 15) is 4.79 Å². The van der Waals surface area contributed by atoms with Gasteiger partial charge in [0, 0.05) is 5.69 Å². The topological polar surface area (TPSA) is 55.1 Å². The molecule has 0 heterocycles. The molecule has 4 heteroatoms. The monoisotopic (exact) mass is 242 g/mol. The first-order valence-corrected chi connectivity index (χ1v) is 5.33. The molecule has 1 aromatic carbocycles. The van der Waals surface area contributed by atoms with Crippen LogP contribution in [0.1, 0.15) is 25.0 Å². The van der Waals surface area contributed by atoms with Crippen molar-refractivity contribution in [1.82, 2.24) is 0 Å². The largest absolute Gasteiger partial charge is 0.325 e. The first-order chi connectivity index (χ1) is 7.21. The predicted octanol–water partition coefficient (Wildman–Crippen LogP) is 2.13. The van der Waals surface area contributed by atoms with Crippen LogP contribution in [0.25, 0.3) is 0 Å². The second-order valence-corrected chi connectivity index (χ2v) is 3.45. The Morgan fingerprint density at radius 3 is 2.50 bits per heavy atom. The number of nitrogens with one attached hydrogen (secondary N) is 1. The fraction of sp³-hybridized carbons (Fsp3) is 0.417. The lowest BCUT2D eigenvalue weighted by molar-refractivity contribution is -0.114. The van der Waals surface area contributed by atoms with Crippen LogP contribution in [-0.4, -0.2) is 12.5 Å². The van der Waals surface area contributed by atoms with Crippen molar-refractivity contribution in [2.45, 2.75) is 26.7 Å². The van der Waals surface area contributed by atoms with E-state index in [-0.39, 0.29) is 24.9 Å². The highest BCUT2D eigenvalue weighted by Gasteiger charge is 2.04. The Labute approximate surface area is 103 Å².